The molecule has 4 rings (SSSR count). The Morgan fingerprint density at radius 1 is 0.611 bits per heavy atom. The van der Waals surface area contributed by atoms with Crippen LogP contribution in [0.4, 0.5) is 0 Å². The van der Waals surface area contributed by atoms with E-state index in [2.05, 4.69) is 145 Å². The van der Waals surface area contributed by atoms with Crippen LogP contribution in [0.25, 0.3) is 5.57 Å². The van der Waals surface area contributed by atoms with Crippen LogP contribution in [0.1, 0.15) is 12.5 Å². The third-order valence-electron chi connectivity index (χ3n) is 5.91. The third kappa shape index (κ3) is 5.90. The molecule has 0 unspecified atom stereocenters. The van der Waals surface area contributed by atoms with Crippen LogP contribution in [0, 0.1) is 16.5 Å². The van der Waals surface area contributed by atoms with Gasteiger partial charge in [-0.3, -0.25) is 0 Å². The van der Waals surface area contributed by atoms with Gasteiger partial charge in [-0.2, -0.15) is 0 Å². The molecule has 0 bridgehead atoms. The standard InChI is InChI=1S/C34H27P.Os/c1-29(31-21-11-5-12-22-31)19-9-3-4-10-20-30(2)35(32-23-13-6-14-24-32,33-25-15-7-16-26-33)34-27-17-8-18-28-34;/h3-8,11-28H,1H3;/q-1;/b29-19+,30-20+;. The second kappa shape index (κ2) is 13.1. The summed E-state index contributed by atoms with van der Waals surface area (Å²) < 4.78 is 3.58. The fourth-order valence-electron chi connectivity index (χ4n) is 4.18. The minimum absolute atomic E-state index is 1.16. The van der Waals surface area contributed by atoms with Crippen molar-refractivity contribution in [3.8, 4) is 4.37 Å². The van der Waals surface area contributed by atoms with Crippen LogP contribution in [0.15, 0.2) is 151 Å². The Bertz CT molecular complexity index is 1310. The topological polar surface area (TPSA) is 0 Å². The average Bonchev–Trinajstić information content (AvgIpc) is 2.96. The van der Waals surface area contributed by atoms with E-state index in [1.54, 1.807) is 17.9 Å². The molecule has 0 aliphatic carbocycles. The van der Waals surface area contributed by atoms with Crippen molar-refractivity contribution in [1.29, 1.82) is 0 Å². The summed E-state index contributed by atoms with van der Waals surface area (Å²) in [5.41, 5.74) is 2.38. The quantitative estimate of drug-likeness (QED) is 0.107. The molecule has 0 amide bonds. The Balaban J connectivity index is 1.76. The number of allylic oxidation sites excluding steroid dienone is 8. The number of hydrogen-bond donors (Lipinski definition) is 0. The molecular weight excluding hydrogens is 630 g/mol. The summed E-state index contributed by atoms with van der Waals surface area (Å²) in [4.78, 5) is 0. The van der Waals surface area contributed by atoms with Gasteiger partial charge < -0.3 is 0 Å². The van der Waals surface area contributed by atoms with E-state index in [0.717, 1.165) is 5.31 Å². The van der Waals surface area contributed by atoms with E-state index in [1.807, 2.05) is 24.3 Å². The Kier molecular flexibility index (Phi) is 9.39. The Morgan fingerprint density at radius 3 is 1.42 bits per heavy atom. The van der Waals surface area contributed by atoms with Gasteiger partial charge in [0.05, 0.1) is 0 Å². The molecule has 0 spiro atoms. The van der Waals surface area contributed by atoms with Gasteiger partial charge in [0.25, 0.3) is 0 Å². The summed E-state index contributed by atoms with van der Waals surface area (Å²) in [5.74, 6) is 0. The van der Waals surface area contributed by atoms with Gasteiger partial charge in [-0.1, -0.05) is 6.07 Å². The van der Waals surface area contributed by atoms with Crippen molar-refractivity contribution in [2.45, 2.75) is 6.92 Å². The molecule has 0 saturated heterocycles. The third-order valence-corrected chi connectivity index (χ3v) is 11.3. The second-order valence-corrected chi connectivity index (χ2v) is 12.2. The Hall–Kier alpha value is -3.31. The Morgan fingerprint density at radius 2 is 1.00 bits per heavy atom. The van der Waals surface area contributed by atoms with Gasteiger partial charge in [-0.25, -0.2) is 0 Å². The van der Waals surface area contributed by atoms with Crippen molar-refractivity contribution in [2.24, 2.45) is 0 Å². The molecule has 0 aliphatic heterocycles. The summed E-state index contributed by atoms with van der Waals surface area (Å²) in [6.45, 7) is 2.10. The maximum atomic E-state index is 3.58. The molecule has 4 aromatic rings. The Labute approximate surface area is 225 Å². The van der Waals surface area contributed by atoms with Gasteiger partial charge in [-0.15, -0.1) is 0 Å². The molecule has 4 aromatic carbocycles. The van der Waals surface area contributed by atoms with E-state index in [1.165, 1.54) is 27.1 Å². The van der Waals surface area contributed by atoms with E-state index < -0.39 is 7.26 Å². The van der Waals surface area contributed by atoms with E-state index in [0.29, 0.717) is 0 Å². The minimum atomic E-state index is -2.15. The maximum absolute atomic E-state index is 3.58. The van der Waals surface area contributed by atoms with E-state index in [-0.39, 0.29) is 0 Å². The van der Waals surface area contributed by atoms with Gasteiger partial charge in [0, 0.05) is 0 Å². The molecule has 0 heterocycles. The zero-order valence-corrected chi connectivity index (χ0v) is 23.6. The zero-order chi connectivity index (χ0) is 25.1. The average molecular weight is 657 g/mol. The van der Waals surface area contributed by atoms with E-state index in [4.69, 9.17) is 0 Å². The first-order chi connectivity index (χ1) is 17.8. The predicted octanol–water partition coefficient (Wildman–Crippen LogP) is 7.19. The van der Waals surface area contributed by atoms with Crippen molar-refractivity contribution in [2.75, 3.05) is 0 Å². The SMILES string of the molecule is C/C(=C\[C-]=CC=[C-]/C=C(\[C]#[Os])[P+](c1ccccc1)(c1ccccc1)c1ccccc1)c1ccccc1. The summed E-state index contributed by atoms with van der Waals surface area (Å²) in [5, 5.41) is 5.07. The molecular formula is C34H27OsP-. The molecule has 0 radical (unpaired) electrons. The monoisotopic (exact) mass is 658 g/mol. The molecule has 0 aliphatic rings. The summed E-state index contributed by atoms with van der Waals surface area (Å²) >= 11 is 1.77. The second-order valence-electron chi connectivity index (χ2n) is 8.16. The summed E-state index contributed by atoms with van der Waals surface area (Å²) in [7, 11) is -2.15. The fraction of sp³-hybridized carbons (Fsp3) is 0.0294. The van der Waals surface area contributed by atoms with Crippen LogP contribution in [0.3, 0.4) is 0 Å². The van der Waals surface area contributed by atoms with Crippen molar-refractivity contribution in [1.82, 2.24) is 0 Å². The normalized spacial score (nSPS) is 12.7. The summed E-state index contributed by atoms with van der Waals surface area (Å²) in [6, 6.07) is 42.8. The molecule has 2 heteroatoms. The van der Waals surface area contributed by atoms with Crippen LogP contribution in [-0.2, 0) is 17.9 Å². The first kappa shape index (κ1) is 25.8. The van der Waals surface area contributed by atoms with Crippen molar-refractivity contribution >= 4 is 28.7 Å². The number of benzene rings is 4. The molecule has 0 nitrogen and oxygen atoms in total. The first-order valence-electron chi connectivity index (χ1n) is 11.8. The number of rotatable bonds is 8. The van der Waals surface area contributed by atoms with Crippen molar-refractivity contribution in [3.05, 3.63) is 169 Å². The van der Waals surface area contributed by atoms with Crippen molar-refractivity contribution < 1.29 is 17.9 Å². The predicted molar refractivity (Wildman–Crippen MR) is 153 cm³/mol. The van der Waals surface area contributed by atoms with Crippen LogP contribution in [-0.4, -0.2) is 0 Å². The van der Waals surface area contributed by atoms with E-state index in [9.17, 15) is 0 Å². The molecule has 177 valence electrons. The van der Waals surface area contributed by atoms with Crippen LogP contribution in [0.5, 0.6) is 0 Å². The molecule has 0 aromatic heterocycles. The zero-order valence-electron chi connectivity index (χ0n) is 20.2. The molecule has 0 atom stereocenters. The summed E-state index contributed by atoms with van der Waals surface area (Å²) in [6.07, 6.45) is 14.6. The van der Waals surface area contributed by atoms with Crippen LogP contribution < -0.4 is 15.9 Å². The van der Waals surface area contributed by atoms with Gasteiger partial charge >= 0.3 is 221 Å². The van der Waals surface area contributed by atoms with E-state index >= 15 is 0 Å². The molecule has 0 N–H and O–H groups in total. The van der Waals surface area contributed by atoms with Gasteiger partial charge in [0.2, 0.25) is 0 Å². The molecule has 0 saturated carbocycles. The number of hydrogen-bond acceptors (Lipinski definition) is 0. The van der Waals surface area contributed by atoms with Crippen LogP contribution in [0.2, 0.25) is 0 Å². The molecule has 36 heavy (non-hydrogen) atoms. The van der Waals surface area contributed by atoms with Gasteiger partial charge in [0.15, 0.2) is 0 Å². The molecule has 0 fully saturated rings. The fourth-order valence-corrected chi connectivity index (χ4v) is 9.62. The van der Waals surface area contributed by atoms with Crippen molar-refractivity contribution in [3.63, 3.8) is 0 Å². The van der Waals surface area contributed by atoms with Crippen LogP contribution >= 0.6 is 7.26 Å². The first-order valence-corrected chi connectivity index (χ1v) is 14.8. The van der Waals surface area contributed by atoms with Gasteiger partial charge in [-0.05, 0) is 0 Å². The van der Waals surface area contributed by atoms with Gasteiger partial charge in [0.1, 0.15) is 0 Å².